The van der Waals surface area contributed by atoms with Crippen LogP contribution < -0.4 is 5.32 Å². The van der Waals surface area contributed by atoms with Crippen LogP contribution in [0.15, 0.2) is 67.3 Å². The molecule has 1 amide bonds. The molecule has 0 unspecified atom stereocenters. The standard InChI is InChI=1S/C19H18FN3O/c1-14(16-6-8-18(20)9-7-16)22-19(24)17-4-2-15(3-5-17)12-23-11-10-21-13-23/h2-11,13-14H,12H2,1H3,(H,22,24)/t14-/m0/s1. The molecule has 0 fully saturated rings. The zero-order valence-electron chi connectivity index (χ0n) is 13.3. The Balaban J connectivity index is 1.63. The van der Waals surface area contributed by atoms with Crippen LogP contribution in [0.3, 0.4) is 0 Å². The maximum Gasteiger partial charge on any atom is 0.251 e. The van der Waals surface area contributed by atoms with Gasteiger partial charge in [-0.3, -0.25) is 4.79 Å². The first-order valence-electron chi connectivity index (χ1n) is 7.73. The third-order valence-corrected chi connectivity index (χ3v) is 3.86. The number of aromatic nitrogens is 2. The number of hydrogen-bond donors (Lipinski definition) is 1. The Hall–Kier alpha value is -2.95. The number of hydrogen-bond acceptors (Lipinski definition) is 2. The minimum atomic E-state index is -0.286. The number of imidazole rings is 1. The molecular formula is C19H18FN3O. The van der Waals surface area contributed by atoms with Gasteiger partial charge in [0.1, 0.15) is 5.82 Å². The second-order valence-electron chi connectivity index (χ2n) is 5.68. The fourth-order valence-electron chi connectivity index (χ4n) is 2.47. The molecule has 2 aromatic carbocycles. The highest BCUT2D eigenvalue weighted by Crippen LogP contribution is 2.14. The Morgan fingerprint density at radius 2 is 1.88 bits per heavy atom. The normalized spacial score (nSPS) is 11.9. The van der Waals surface area contributed by atoms with Gasteiger partial charge in [0.2, 0.25) is 0 Å². The van der Waals surface area contributed by atoms with Gasteiger partial charge in [-0.2, -0.15) is 0 Å². The molecule has 0 saturated heterocycles. The molecule has 1 N–H and O–H groups in total. The van der Waals surface area contributed by atoms with E-state index in [1.54, 1.807) is 36.8 Å². The summed E-state index contributed by atoms with van der Waals surface area (Å²) >= 11 is 0. The van der Waals surface area contributed by atoms with E-state index in [1.807, 2.05) is 29.8 Å². The van der Waals surface area contributed by atoms with Crippen molar-refractivity contribution in [1.29, 1.82) is 0 Å². The van der Waals surface area contributed by atoms with Gasteiger partial charge in [-0.05, 0) is 42.3 Å². The molecule has 0 bridgehead atoms. The number of rotatable bonds is 5. The highest BCUT2D eigenvalue weighted by atomic mass is 19.1. The van der Waals surface area contributed by atoms with Gasteiger partial charge < -0.3 is 9.88 Å². The number of halogens is 1. The highest BCUT2D eigenvalue weighted by Gasteiger charge is 2.11. The minimum Gasteiger partial charge on any atom is -0.346 e. The van der Waals surface area contributed by atoms with E-state index in [9.17, 15) is 9.18 Å². The molecule has 0 aliphatic carbocycles. The number of carbonyl (C=O) groups is 1. The van der Waals surface area contributed by atoms with Gasteiger partial charge in [0.25, 0.3) is 5.91 Å². The Kier molecular flexibility index (Phi) is 4.70. The Bertz CT molecular complexity index is 796. The lowest BCUT2D eigenvalue weighted by molar-refractivity contribution is 0.0940. The molecule has 1 atom stereocenters. The number of benzene rings is 2. The van der Waals surface area contributed by atoms with Crippen molar-refractivity contribution >= 4 is 5.91 Å². The predicted molar refractivity (Wildman–Crippen MR) is 90.1 cm³/mol. The lowest BCUT2D eigenvalue weighted by Crippen LogP contribution is -2.26. The van der Waals surface area contributed by atoms with Gasteiger partial charge in [-0.1, -0.05) is 24.3 Å². The van der Waals surface area contributed by atoms with Gasteiger partial charge >= 0.3 is 0 Å². The van der Waals surface area contributed by atoms with Crippen LogP contribution in [0, 0.1) is 5.82 Å². The SMILES string of the molecule is C[C@H](NC(=O)c1ccc(Cn2ccnc2)cc1)c1ccc(F)cc1. The van der Waals surface area contributed by atoms with Crippen LogP contribution in [-0.4, -0.2) is 15.5 Å². The van der Waals surface area contributed by atoms with Crippen LogP contribution in [0.25, 0.3) is 0 Å². The quantitative estimate of drug-likeness (QED) is 0.780. The third-order valence-electron chi connectivity index (χ3n) is 3.86. The summed E-state index contributed by atoms with van der Waals surface area (Å²) in [5.74, 6) is -0.438. The monoisotopic (exact) mass is 323 g/mol. The van der Waals surface area contributed by atoms with Gasteiger partial charge in [-0.25, -0.2) is 9.37 Å². The molecule has 0 aliphatic heterocycles. The molecule has 0 radical (unpaired) electrons. The van der Waals surface area contributed by atoms with Gasteiger partial charge in [0, 0.05) is 24.5 Å². The van der Waals surface area contributed by atoms with Crippen LogP contribution in [0.2, 0.25) is 0 Å². The number of amides is 1. The molecule has 122 valence electrons. The maximum atomic E-state index is 13.0. The molecule has 4 nitrogen and oxygen atoms in total. The second kappa shape index (κ2) is 7.08. The molecule has 5 heteroatoms. The summed E-state index contributed by atoms with van der Waals surface area (Å²) < 4.78 is 14.9. The molecule has 24 heavy (non-hydrogen) atoms. The zero-order chi connectivity index (χ0) is 16.9. The van der Waals surface area contributed by atoms with Crippen LogP contribution in [0.5, 0.6) is 0 Å². The average Bonchev–Trinajstić information content (AvgIpc) is 3.09. The lowest BCUT2D eigenvalue weighted by atomic mass is 10.1. The summed E-state index contributed by atoms with van der Waals surface area (Å²) in [5.41, 5.74) is 2.55. The zero-order valence-corrected chi connectivity index (χ0v) is 13.3. The van der Waals surface area contributed by atoms with E-state index >= 15 is 0 Å². The maximum absolute atomic E-state index is 13.0. The fourth-order valence-corrected chi connectivity index (χ4v) is 2.47. The first-order valence-corrected chi connectivity index (χ1v) is 7.73. The van der Waals surface area contributed by atoms with Crippen molar-refractivity contribution in [3.05, 3.63) is 89.8 Å². The van der Waals surface area contributed by atoms with E-state index in [4.69, 9.17) is 0 Å². The fraction of sp³-hybridized carbons (Fsp3) is 0.158. The number of carbonyl (C=O) groups excluding carboxylic acids is 1. The van der Waals surface area contributed by atoms with Crippen LogP contribution in [0.1, 0.15) is 34.5 Å². The van der Waals surface area contributed by atoms with E-state index < -0.39 is 0 Å². The molecular weight excluding hydrogens is 305 g/mol. The van der Waals surface area contributed by atoms with E-state index in [-0.39, 0.29) is 17.8 Å². The molecule has 0 aliphatic rings. The van der Waals surface area contributed by atoms with Crippen molar-refractivity contribution < 1.29 is 9.18 Å². The first-order chi connectivity index (χ1) is 11.6. The van der Waals surface area contributed by atoms with Crippen molar-refractivity contribution in [2.45, 2.75) is 19.5 Å². The van der Waals surface area contributed by atoms with Crippen molar-refractivity contribution in [3.8, 4) is 0 Å². The smallest absolute Gasteiger partial charge is 0.251 e. The lowest BCUT2D eigenvalue weighted by Gasteiger charge is -2.14. The Morgan fingerprint density at radius 3 is 2.50 bits per heavy atom. The largest absolute Gasteiger partial charge is 0.346 e. The van der Waals surface area contributed by atoms with E-state index in [2.05, 4.69) is 10.3 Å². The van der Waals surface area contributed by atoms with Crippen molar-refractivity contribution in [2.75, 3.05) is 0 Å². The Morgan fingerprint density at radius 1 is 1.17 bits per heavy atom. The van der Waals surface area contributed by atoms with Crippen LogP contribution in [-0.2, 0) is 6.54 Å². The first kappa shape index (κ1) is 15.9. The summed E-state index contributed by atoms with van der Waals surface area (Å²) in [7, 11) is 0. The average molecular weight is 323 g/mol. The highest BCUT2D eigenvalue weighted by molar-refractivity contribution is 5.94. The molecule has 3 aromatic rings. The van der Waals surface area contributed by atoms with Gasteiger partial charge in [0.15, 0.2) is 0 Å². The molecule has 3 rings (SSSR count). The summed E-state index contributed by atoms with van der Waals surface area (Å²) in [6.07, 6.45) is 5.38. The summed E-state index contributed by atoms with van der Waals surface area (Å²) in [5, 5.41) is 2.92. The number of nitrogens with one attached hydrogen (secondary N) is 1. The van der Waals surface area contributed by atoms with Crippen molar-refractivity contribution in [3.63, 3.8) is 0 Å². The molecule has 1 heterocycles. The van der Waals surface area contributed by atoms with Crippen LogP contribution >= 0.6 is 0 Å². The molecule has 0 saturated carbocycles. The Labute approximate surface area is 140 Å². The van der Waals surface area contributed by atoms with E-state index in [1.165, 1.54) is 12.1 Å². The summed E-state index contributed by atoms with van der Waals surface area (Å²) in [4.78, 5) is 16.3. The van der Waals surface area contributed by atoms with Crippen LogP contribution in [0.4, 0.5) is 4.39 Å². The molecule has 1 aromatic heterocycles. The van der Waals surface area contributed by atoms with E-state index in [0.29, 0.717) is 12.1 Å². The van der Waals surface area contributed by atoms with Crippen molar-refractivity contribution in [1.82, 2.24) is 14.9 Å². The summed E-state index contributed by atoms with van der Waals surface area (Å²) in [6.45, 7) is 2.59. The van der Waals surface area contributed by atoms with E-state index in [0.717, 1.165) is 11.1 Å². The molecule has 0 spiro atoms. The number of nitrogens with zero attached hydrogens (tertiary/aromatic N) is 2. The van der Waals surface area contributed by atoms with Gasteiger partial charge in [0.05, 0.1) is 12.4 Å². The summed E-state index contributed by atoms with van der Waals surface area (Å²) in [6, 6.07) is 13.4. The van der Waals surface area contributed by atoms with Gasteiger partial charge in [-0.15, -0.1) is 0 Å². The van der Waals surface area contributed by atoms with Crippen molar-refractivity contribution in [2.24, 2.45) is 0 Å². The second-order valence-corrected chi connectivity index (χ2v) is 5.68. The predicted octanol–water partition coefficient (Wildman–Crippen LogP) is 3.56. The third kappa shape index (κ3) is 3.87. The topological polar surface area (TPSA) is 46.9 Å². The minimum absolute atomic E-state index is 0.152.